The maximum atomic E-state index is 10.6. The molecule has 2 heterocycles. The first-order valence-electron chi connectivity index (χ1n) is 4.26. The molecular formula is C7H9N7OS. The van der Waals surface area contributed by atoms with Gasteiger partial charge >= 0.3 is 0 Å². The minimum atomic E-state index is -0.427. The molecular weight excluding hydrogens is 230 g/mol. The van der Waals surface area contributed by atoms with Crippen LogP contribution in [0.1, 0.15) is 0 Å². The first-order valence-corrected chi connectivity index (χ1v) is 5.24. The van der Waals surface area contributed by atoms with Gasteiger partial charge in [0.2, 0.25) is 11.9 Å². The lowest BCUT2D eigenvalue weighted by molar-refractivity contribution is -0.115. The zero-order chi connectivity index (χ0) is 11.7. The number of fused-ring (bicyclic) bond motifs is 1. The van der Waals surface area contributed by atoms with E-state index in [1.165, 1.54) is 0 Å². The molecule has 0 atom stereocenters. The van der Waals surface area contributed by atoms with Gasteiger partial charge in [0.25, 0.3) is 0 Å². The highest BCUT2D eigenvalue weighted by atomic mass is 32.2. The Morgan fingerprint density at radius 2 is 2.06 bits per heavy atom. The minimum absolute atomic E-state index is 0.0583. The number of aromatic amines is 1. The summed E-state index contributed by atoms with van der Waals surface area (Å²) in [7, 11) is 0. The fourth-order valence-corrected chi connectivity index (χ4v) is 1.73. The third kappa shape index (κ3) is 1.98. The maximum Gasteiger partial charge on any atom is 0.227 e. The Labute approximate surface area is 94.0 Å². The third-order valence-corrected chi connectivity index (χ3v) is 2.62. The van der Waals surface area contributed by atoms with Crippen molar-refractivity contribution in [3.05, 3.63) is 0 Å². The number of nitrogens with one attached hydrogen (secondary N) is 1. The quantitative estimate of drug-likeness (QED) is 0.506. The first-order chi connectivity index (χ1) is 7.56. The Balaban J connectivity index is 2.36. The van der Waals surface area contributed by atoms with Crippen LogP contribution in [0.4, 0.5) is 11.8 Å². The molecule has 16 heavy (non-hydrogen) atoms. The van der Waals surface area contributed by atoms with Crippen molar-refractivity contribution >= 4 is 40.6 Å². The summed E-state index contributed by atoms with van der Waals surface area (Å²) in [6.45, 7) is 0. The molecule has 0 aliphatic heterocycles. The molecule has 0 aliphatic rings. The van der Waals surface area contributed by atoms with Crippen LogP contribution in [0.15, 0.2) is 5.16 Å². The number of carbonyl (C=O) groups is 1. The van der Waals surface area contributed by atoms with Gasteiger partial charge in [-0.3, -0.25) is 4.79 Å². The number of nitrogens with two attached hydrogens (primary N) is 3. The number of nitrogen functional groups attached to an aromatic ring is 2. The largest absolute Gasteiger partial charge is 0.382 e. The van der Waals surface area contributed by atoms with Gasteiger partial charge in [-0.1, -0.05) is 11.8 Å². The van der Waals surface area contributed by atoms with Crippen LogP contribution in [0.3, 0.4) is 0 Å². The van der Waals surface area contributed by atoms with Crippen molar-refractivity contribution in [1.82, 2.24) is 19.9 Å². The van der Waals surface area contributed by atoms with Gasteiger partial charge in [-0.2, -0.15) is 9.97 Å². The molecule has 2 aromatic rings. The molecule has 2 aromatic heterocycles. The van der Waals surface area contributed by atoms with E-state index in [0.29, 0.717) is 16.3 Å². The van der Waals surface area contributed by atoms with E-state index in [-0.39, 0.29) is 17.5 Å². The lowest BCUT2D eigenvalue weighted by Gasteiger charge is -1.94. The molecule has 9 heteroatoms. The van der Waals surface area contributed by atoms with E-state index in [1.807, 2.05) is 0 Å². The summed E-state index contributed by atoms with van der Waals surface area (Å²) in [5.74, 6) is -0.0178. The molecule has 8 nitrogen and oxygen atoms in total. The van der Waals surface area contributed by atoms with Gasteiger partial charge in [0.1, 0.15) is 5.52 Å². The number of hydrogen-bond donors (Lipinski definition) is 4. The van der Waals surface area contributed by atoms with Crippen molar-refractivity contribution in [2.75, 3.05) is 17.2 Å². The minimum Gasteiger partial charge on any atom is -0.382 e. The SMILES string of the molecule is NC(=O)CSc1nc2nc(N)nc(N)c2[nH]1. The van der Waals surface area contributed by atoms with Gasteiger partial charge in [-0.15, -0.1) is 0 Å². The van der Waals surface area contributed by atoms with E-state index in [0.717, 1.165) is 11.8 Å². The number of hydrogen-bond acceptors (Lipinski definition) is 7. The number of anilines is 2. The van der Waals surface area contributed by atoms with Crippen molar-refractivity contribution in [2.24, 2.45) is 5.73 Å². The lowest BCUT2D eigenvalue weighted by atomic mass is 10.5. The van der Waals surface area contributed by atoms with Gasteiger partial charge in [-0.05, 0) is 0 Å². The summed E-state index contributed by atoms with van der Waals surface area (Å²) in [5.41, 5.74) is 16.9. The summed E-state index contributed by atoms with van der Waals surface area (Å²) in [4.78, 5) is 25.3. The van der Waals surface area contributed by atoms with E-state index < -0.39 is 5.91 Å². The van der Waals surface area contributed by atoms with Crippen LogP contribution in [0.25, 0.3) is 11.2 Å². The molecule has 2 rings (SSSR count). The normalized spacial score (nSPS) is 10.8. The van der Waals surface area contributed by atoms with Crippen LogP contribution >= 0.6 is 11.8 Å². The number of thioether (sulfide) groups is 1. The molecule has 0 bridgehead atoms. The van der Waals surface area contributed by atoms with E-state index in [1.54, 1.807) is 0 Å². The number of carbonyl (C=O) groups excluding carboxylic acids is 1. The molecule has 0 unspecified atom stereocenters. The highest BCUT2D eigenvalue weighted by molar-refractivity contribution is 7.99. The summed E-state index contributed by atoms with van der Waals surface area (Å²) in [6, 6.07) is 0. The van der Waals surface area contributed by atoms with Gasteiger partial charge in [0.15, 0.2) is 16.6 Å². The molecule has 0 aliphatic carbocycles. The summed E-state index contributed by atoms with van der Waals surface area (Å²) >= 11 is 1.16. The van der Waals surface area contributed by atoms with E-state index in [2.05, 4.69) is 19.9 Å². The van der Waals surface area contributed by atoms with E-state index >= 15 is 0 Å². The number of primary amides is 1. The van der Waals surface area contributed by atoms with Crippen molar-refractivity contribution in [3.8, 4) is 0 Å². The number of rotatable bonds is 3. The fraction of sp³-hybridized carbons (Fsp3) is 0.143. The summed E-state index contributed by atoms with van der Waals surface area (Å²) in [6.07, 6.45) is 0. The maximum absolute atomic E-state index is 10.6. The second-order valence-corrected chi connectivity index (χ2v) is 3.93. The molecule has 84 valence electrons. The average Bonchev–Trinajstić information content (AvgIpc) is 2.57. The van der Waals surface area contributed by atoms with Crippen LogP contribution < -0.4 is 17.2 Å². The molecule has 0 fully saturated rings. The molecule has 7 N–H and O–H groups in total. The van der Waals surface area contributed by atoms with Crippen molar-refractivity contribution in [1.29, 1.82) is 0 Å². The second-order valence-electron chi connectivity index (χ2n) is 2.96. The summed E-state index contributed by atoms with van der Waals surface area (Å²) in [5, 5.41) is 0.500. The zero-order valence-electron chi connectivity index (χ0n) is 8.10. The molecule has 0 aromatic carbocycles. The second kappa shape index (κ2) is 3.85. The van der Waals surface area contributed by atoms with Crippen molar-refractivity contribution < 1.29 is 4.79 Å². The Bertz CT molecular complexity index is 551. The van der Waals surface area contributed by atoms with Crippen LogP contribution in [0.5, 0.6) is 0 Å². The Kier molecular flexibility index (Phi) is 2.52. The highest BCUT2D eigenvalue weighted by Gasteiger charge is 2.10. The number of aromatic nitrogens is 4. The molecule has 1 amide bonds. The van der Waals surface area contributed by atoms with Gasteiger partial charge in [0, 0.05) is 0 Å². The van der Waals surface area contributed by atoms with E-state index in [9.17, 15) is 4.79 Å². The zero-order valence-corrected chi connectivity index (χ0v) is 8.91. The fourth-order valence-electron chi connectivity index (χ4n) is 1.12. The average molecular weight is 239 g/mol. The molecule has 0 saturated heterocycles. The van der Waals surface area contributed by atoms with Crippen molar-refractivity contribution in [3.63, 3.8) is 0 Å². The molecule has 0 saturated carbocycles. The third-order valence-electron chi connectivity index (χ3n) is 1.73. The Morgan fingerprint density at radius 1 is 1.31 bits per heavy atom. The molecule has 0 spiro atoms. The lowest BCUT2D eigenvalue weighted by Crippen LogP contribution is -2.13. The predicted octanol–water partition coefficient (Wildman–Crippen LogP) is -0.905. The van der Waals surface area contributed by atoms with Crippen molar-refractivity contribution in [2.45, 2.75) is 5.16 Å². The number of H-pyrrole nitrogens is 1. The van der Waals surface area contributed by atoms with Gasteiger partial charge < -0.3 is 22.2 Å². The highest BCUT2D eigenvalue weighted by Crippen LogP contribution is 2.21. The van der Waals surface area contributed by atoms with Crippen LogP contribution in [0.2, 0.25) is 0 Å². The number of nitrogens with zero attached hydrogens (tertiary/aromatic N) is 3. The first kappa shape index (κ1) is 10.5. The predicted molar refractivity (Wildman–Crippen MR) is 60.4 cm³/mol. The van der Waals surface area contributed by atoms with Crippen LogP contribution in [-0.2, 0) is 4.79 Å². The Hall–Kier alpha value is -2.03. The topological polar surface area (TPSA) is 150 Å². The number of imidazole rings is 1. The molecule has 0 radical (unpaired) electrons. The standard InChI is InChI=1S/C7H9N7OS/c8-2(15)1-16-7-11-3-4(9)12-6(10)13-5(3)14-7/h1H2,(H2,8,15)(H5,9,10,11,12,13,14). The smallest absolute Gasteiger partial charge is 0.227 e. The van der Waals surface area contributed by atoms with Crippen LogP contribution in [0, 0.1) is 0 Å². The monoisotopic (exact) mass is 239 g/mol. The Morgan fingerprint density at radius 3 is 2.75 bits per heavy atom. The number of amides is 1. The van der Waals surface area contributed by atoms with E-state index in [4.69, 9.17) is 17.2 Å². The summed E-state index contributed by atoms with van der Waals surface area (Å²) < 4.78 is 0. The van der Waals surface area contributed by atoms with Gasteiger partial charge in [-0.25, -0.2) is 4.98 Å². The van der Waals surface area contributed by atoms with Gasteiger partial charge in [0.05, 0.1) is 5.75 Å². The van der Waals surface area contributed by atoms with Crippen LogP contribution in [-0.4, -0.2) is 31.6 Å².